The summed E-state index contributed by atoms with van der Waals surface area (Å²) in [6.45, 7) is 8.20. The van der Waals surface area contributed by atoms with Gasteiger partial charge in [0.1, 0.15) is 11.4 Å². The van der Waals surface area contributed by atoms with E-state index in [0.717, 1.165) is 44.2 Å². The normalized spacial score (nSPS) is 19.1. The number of hydroxylamine groups is 2. The number of carbonyl (C=O) groups excluding carboxylic acids is 2. The van der Waals surface area contributed by atoms with E-state index in [4.69, 9.17) is 21.2 Å². The van der Waals surface area contributed by atoms with Crippen LogP contribution in [-0.2, 0) is 16.1 Å². The number of hydrogen-bond donors (Lipinski definition) is 1. The third-order valence-corrected chi connectivity index (χ3v) is 7.29. The topological polar surface area (TPSA) is 72.8 Å². The standard InChI is InChI=1S/C28H37ClFN3O4/c1-18-22(26(34)31-20-9-6-5-7-10-20)16-25(23-15-19(29)12-13-24(23)30)32(18)17-21-11-8-14-33(21)37-27(35)36-28(2,3)4/h12-13,15-16,20-21H,5-11,14,17H2,1-4H3,(H,31,34). The lowest BCUT2D eigenvalue weighted by atomic mass is 9.95. The van der Waals surface area contributed by atoms with E-state index >= 15 is 4.39 Å². The van der Waals surface area contributed by atoms with Crippen LogP contribution >= 0.6 is 11.6 Å². The quantitative estimate of drug-likeness (QED) is 0.421. The molecule has 37 heavy (non-hydrogen) atoms. The summed E-state index contributed by atoms with van der Waals surface area (Å²) in [6, 6.07) is 6.16. The molecule has 9 heteroatoms. The molecule has 2 heterocycles. The molecule has 202 valence electrons. The van der Waals surface area contributed by atoms with E-state index in [9.17, 15) is 9.59 Å². The Morgan fingerprint density at radius 1 is 1.11 bits per heavy atom. The molecule has 1 amide bonds. The summed E-state index contributed by atoms with van der Waals surface area (Å²) in [7, 11) is 0. The highest BCUT2D eigenvalue weighted by molar-refractivity contribution is 6.30. The Kier molecular flexibility index (Phi) is 8.49. The third kappa shape index (κ3) is 6.85. The number of halogens is 2. The number of amides is 1. The summed E-state index contributed by atoms with van der Waals surface area (Å²) in [6.07, 6.45) is 6.23. The minimum atomic E-state index is -0.753. The Bertz CT molecular complexity index is 1140. The summed E-state index contributed by atoms with van der Waals surface area (Å²) in [5, 5.41) is 5.22. The molecule has 4 rings (SSSR count). The van der Waals surface area contributed by atoms with Gasteiger partial charge in [0, 0.05) is 35.4 Å². The molecule has 2 aliphatic rings. The van der Waals surface area contributed by atoms with E-state index in [1.54, 1.807) is 38.0 Å². The maximum Gasteiger partial charge on any atom is 0.528 e. The Balaban J connectivity index is 1.63. The SMILES string of the molecule is Cc1c(C(=O)NC2CCCCC2)cc(-c2cc(Cl)ccc2F)n1CC1CCCN1OC(=O)OC(C)(C)C. The third-order valence-electron chi connectivity index (χ3n) is 7.05. The van der Waals surface area contributed by atoms with Crippen molar-refractivity contribution in [1.29, 1.82) is 0 Å². The second-order valence-electron chi connectivity index (χ2n) is 11.1. The van der Waals surface area contributed by atoms with Gasteiger partial charge in [0.2, 0.25) is 0 Å². The molecule has 7 nitrogen and oxygen atoms in total. The zero-order chi connectivity index (χ0) is 26.7. The number of nitrogens with zero attached hydrogens (tertiary/aromatic N) is 2. The summed E-state index contributed by atoms with van der Waals surface area (Å²) in [5.41, 5.74) is 1.46. The average Bonchev–Trinajstić information content (AvgIpc) is 3.39. The largest absolute Gasteiger partial charge is 0.528 e. The molecule has 1 aromatic carbocycles. The molecule has 1 aliphatic heterocycles. The summed E-state index contributed by atoms with van der Waals surface area (Å²) in [4.78, 5) is 31.2. The van der Waals surface area contributed by atoms with Gasteiger partial charge in [-0.2, -0.15) is 0 Å². The predicted molar refractivity (Wildman–Crippen MR) is 141 cm³/mol. The van der Waals surface area contributed by atoms with Crippen LogP contribution in [0.5, 0.6) is 0 Å². The Morgan fingerprint density at radius 3 is 2.54 bits per heavy atom. The van der Waals surface area contributed by atoms with Gasteiger partial charge in [0.25, 0.3) is 5.91 Å². The summed E-state index contributed by atoms with van der Waals surface area (Å²) >= 11 is 6.23. The summed E-state index contributed by atoms with van der Waals surface area (Å²) in [5.74, 6) is -0.573. The molecule has 2 aromatic rings. The molecule has 1 atom stereocenters. The van der Waals surface area contributed by atoms with Crippen molar-refractivity contribution in [3.8, 4) is 11.3 Å². The van der Waals surface area contributed by atoms with Crippen molar-refractivity contribution >= 4 is 23.7 Å². The van der Waals surface area contributed by atoms with Gasteiger partial charge < -0.3 is 19.5 Å². The van der Waals surface area contributed by atoms with Crippen molar-refractivity contribution in [2.75, 3.05) is 6.54 Å². The second kappa shape index (κ2) is 11.4. The fourth-order valence-corrected chi connectivity index (χ4v) is 5.40. The Morgan fingerprint density at radius 2 is 1.84 bits per heavy atom. The Hall–Kier alpha value is -2.58. The van der Waals surface area contributed by atoms with Gasteiger partial charge >= 0.3 is 6.16 Å². The number of rotatable bonds is 6. The van der Waals surface area contributed by atoms with Gasteiger partial charge in [-0.25, -0.2) is 9.18 Å². The fraction of sp³-hybridized carbons (Fsp3) is 0.571. The molecule has 0 spiro atoms. The van der Waals surface area contributed by atoms with Crippen molar-refractivity contribution in [2.24, 2.45) is 0 Å². The van der Waals surface area contributed by atoms with E-state index in [2.05, 4.69) is 5.32 Å². The number of benzene rings is 1. The number of aromatic nitrogens is 1. The number of hydrogen-bond acceptors (Lipinski definition) is 5. The lowest BCUT2D eigenvalue weighted by molar-refractivity contribution is -0.152. The molecule has 1 aliphatic carbocycles. The minimum absolute atomic E-state index is 0.153. The van der Waals surface area contributed by atoms with E-state index in [-0.39, 0.29) is 18.0 Å². The lowest BCUT2D eigenvalue weighted by Crippen LogP contribution is -2.38. The predicted octanol–water partition coefficient (Wildman–Crippen LogP) is 6.65. The van der Waals surface area contributed by atoms with Crippen LogP contribution in [0.4, 0.5) is 9.18 Å². The second-order valence-corrected chi connectivity index (χ2v) is 11.5. The highest BCUT2D eigenvalue weighted by Crippen LogP contribution is 2.32. The van der Waals surface area contributed by atoms with Crippen molar-refractivity contribution in [1.82, 2.24) is 14.9 Å². The van der Waals surface area contributed by atoms with Gasteiger partial charge in [-0.1, -0.05) is 30.9 Å². The Labute approximate surface area is 223 Å². The molecule has 0 bridgehead atoms. The summed E-state index contributed by atoms with van der Waals surface area (Å²) < 4.78 is 22.3. The zero-order valence-electron chi connectivity index (χ0n) is 22.1. The minimum Gasteiger partial charge on any atom is -0.427 e. The van der Waals surface area contributed by atoms with E-state index in [1.807, 2.05) is 11.5 Å². The van der Waals surface area contributed by atoms with Crippen LogP contribution in [0.1, 0.15) is 81.8 Å². The number of nitrogens with one attached hydrogen (secondary N) is 1. The van der Waals surface area contributed by atoms with Gasteiger partial charge in [0.05, 0.1) is 17.3 Å². The van der Waals surface area contributed by atoms with Crippen molar-refractivity contribution < 1.29 is 23.6 Å². The molecular formula is C28H37ClFN3O4. The molecule has 0 radical (unpaired) electrons. The molecule has 1 unspecified atom stereocenters. The lowest BCUT2D eigenvalue weighted by Gasteiger charge is -2.27. The first-order valence-corrected chi connectivity index (χ1v) is 13.5. The van der Waals surface area contributed by atoms with Crippen LogP contribution < -0.4 is 5.32 Å². The molecular weight excluding hydrogens is 497 g/mol. The van der Waals surface area contributed by atoms with Gasteiger partial charge in [-0.05, 0) is 77.6 Å². The van der Waals surface area contributed by atoms with Crippen LogP contribution in [0.3, 0.4) is 0 Å². The maximum absolute atomic E-state index is 15.0. The van der Waals surface area contributed by atoms with Crippen LogP contribution in [0.2, 0.25) is 5.02 Å². The van der Waals surface area contributed by atoms with Crippen LogP contribution in [0.25, 0.3) is 11.3 Å². The van der Waals surface area contributed by atoms with E-state index in [0.29, 0.717) is 34.9 Å². The first kappa shape index (κ1) is 27.5. The van der Waals surface area contributed by atoms with Crippen LogP contribution in [-0.4, -0.2) is 45.9 Å². The maximum atomic E-state index is 15.0. The van der Waals surface area contributed by atoms with Crippen molar-refractivity contribution in [2.45, 2.75) is 96.9 Å². The molecule has 1 saturated heterocycles. The highest BCUT2D eigenvalue weighted by Gasteiger charge is 2.32. The van der Waals surface area contributed by atoms with Crippen molar-refractivity contribution in [3.63, 3.8) is 0 Å². The smallest absolute Gasteiger partial charge is 0.427 e. The first-order chi connectivity index (χ1) is 17.5. The van der Waals surface area contributed by atoms with Gasteiger partial charge in [-0.15, -0.1) is 5.06 Å². The van der Waals surface area contributed by atoms with E-state index in [1.165, 1.54) is 18.6 Å². The van der Waals surface area contributed by atoms with Gasteiger partial charge in [0.15, 0.2) is 0 Å². The number of ether oxygens (including phenoxy) is 1. The van der Waals surface area contributed by atoms with Crippen LogP contribution in [0.15, 0.2) is 24.3 Å². The van der Waals surface area contributed by atoms with E-state index < -0.39 is 17.6 Å². The molecule has 2 fully saturated rings. The molecule has 1 N–H and O–H groups in total. The first-order valence-electron chi connectivity index (χ1n) is 13.2. The van der Waals surface area contributed by atoms with Crippen molar-refractivity contribution in [3.05, 3.63) is 46.4 Å². The molecule has 1 aromatic heterocycles. The van der Waals surface area contributed by atoms with Gasteiger partial charge in [-0.3, -0.25) is 4.79 Å². The van der Waals surface area contributed by atoms with Crippen LogP contribution in [0, 0.1) is 12.7 Å². The number of carbonyl (C=O) groups is 2. The zero-order valence-corrected chi connectivity index (χ0v) is 22.9. The monoisotopic (exact) mass is 533 g/mol. The molecule has 1 saturated carbocycles. The average molecular weight is 534 g/mol. The fourth-order valence-electron chi connectivity index (χ4n) is 5.22. The highest BCUT2D eigenvalue weighted by atomic mass is 35.5.